The molecule has 0 amide bonds. The largest absolute Gasteiger partial charge is 0.525 e. The molecule has 0 aromatic carbocycles. The minimum Gasteiger partial charge on any atom is -0.455 e. The van der Waals surface area contributed by atoms with E-state index in [4.69, 9.17) is 25.3 Å². The summed E-state index contributed by atoms with van der Waals surface area (Å²) in [6.07, 6.45) is 4.18. The molecule has 0 aliphatic carbocycles. The lowest BCUT2D eigenvalue weighted by Gasteiger charge is -2.32. The van der Waals surface area contributed by atoms with Crippen LogP contribution in [0.1, 0.15) is 33.5 Å². The number of halogens is 2. The van der Waals surface area contributed by atoms with Crippen LogP contribution in [0.2, 0.25) is 5.15 Å². The van der Waals surface area contributed by atoms with Gasteiger partial charge >= 0.3 is 7.12 Å². The van der Waals surface area contributed by atoms with Gasteiger partial charge in [-0.15, -0.1) is 0 Å². The van der Waals surface area contributed by atoms with E-state index in [-0.39, 0.29) is 5.15 Å². The molecule has 1 aliphatic heterocycles. The summed E-state index contributed by atoms with van der Waals surface area (Å²) in [7, 11) is -1.06. The summed E-state index contributed by atoms with van der Waals surface area (Å²) in [5, 5.41) is 0.254. The van der Waals surface area contributed by atoms with E-state index >= 15 is 0 Å². The lowest BCUT2D eigenvalue weighted by atomic mass is 9.87. The molecule has 0 unspecified atom stereocenters. The Morgan fingerprint density at radius 1 is 1.17 bits per heavy atom. The van der Waals surface area contributed by atoms with Crippen LogP contribution in [-0.2, 0) is 9.31 Å². The Morgan fingerprint density at radius 3 is 2.46 bits per heavy atom. The molecule has 0 saturated carbocycles. The SMILES string of the molecule is CC1(C)OB(C(F)=Cc2ccc(-c3cncc(Cl)n3)o2)OC1(C)C. The van der Waals surface area contributed by atoms with Crippen molar-refractivity contribution in [1.82, 2.24) is 9.97 Å². The van der Waals surface area contributed by atoms with E-state index < -0.39 is 24.0 Å². The highest BCUT2D eigenvalue weighted by Crippen LogP contribution is 2.39. The fraction of sp³-hybridized carbons (Fsp3) is 0.375. The Labute approximate surface area is 145 Å². The second-order valence-corrected chi connectivity index (χ2v) is 6.93. The first-order valence-electron chi connectivity index (χ1n) is 7.48. The Kier molecular flexibility index (Phi) is 4.27. The molecule has 0 atom stereocenters. The molecule has 3 rings (SSSR count). The maximum absolute atomic E-state index is 14.5. The predicted octanol–water partition coefficient (Wildman–Crippen LogP) is 4.33. The fourth-order valence-corrected chi connectivity index (χ4v) is 2.34. The van der Waals surface area contributed by atoms with Crippen molar-refractivity contribution in [2.75, 3.05) is 0 Å². The highest BCUT2D eigenvalue weighted by atomic mass is 35.5. The molecule has 0 spiro atoms. The molecule has 0 radical (unpaired) electrons. The van der Waals surface area contributed by atoms with E-state index in [9.17, 15) is 4.39 Å². The van der Waals surface area contributed by atoms with Gasteiger partial charge < -0.3 is 13.7 Å². The first-order chi connectivity index (χ1) is 11.2. The van der Waals surface area contributed by atoms with Crippen LogP contribution >= 0.6 is 11.6 Å². The lowest BCUT2D eigenvalue weighted by Crippen LogP contribution is -2.41. The van der Waals surface area contributed by atoms with E-state index in [0.717, 1.165) is 0 Å². The third-order valence-electron chi connectivity index (χ3n) is 4.24. The van der Waals surface area contributed by atoms with E-state index in [2.05, 4.69) is 9.97 Å². The highest BCUT2D eigenvalue weighted by molar-refractivity contribution is 6.54. The van der Waals surface area contributed by atoms with Crippen molar-refractivity contribution in [1.29, 1.82) is 0 Å². The van der Waals surface area contributed by atoms with Crippen molar-refractivity contribution >= 4 is 24.8 Å². The van der Waals surface area contributed by atoms with Crippen molar-refractivity contribution < 1.29 is 18.1 Å². The van der Waals surface area contributed by atoms with Crippen molar-refractivity contribution in [2.24, 2.45) is 0 Å². The first kappa shape index (κ1) is 17.1. The molecule has 5 nitrogen and oxygen atoms in total. The predicted molar refractivity (Wildman–Crippen MR) is 89.9 cm³/mol. The van der Waals surface area contributed by atoms with Gasteiger partial charge in [0.1, 0.15) is 22.3 Å². The van der Waals surface area contributed by atoms with Crippen LogP contribution in [-0.4, -0.2) is 28.3 Å². The van der Waals surface area contributed by atoms with Crippen LogP contribution < -0.4 is 0 Å². The Morgan fingerprint density at radius 2 is 1.83 bits per heavy atom. The van der Waals surface area contributed by atoms with Crippen LogP contribution in [0.5, 0.6) is 0 Å². The first-order valence-corrected chi connectivity index (χ1v) is 7.86. The summed E-state index contributed by atoms with van der Waals surface area (Å²) in [4.78, 5) is 8.04. The monoisotopic (exact) mass is 350 g/mol. The molecule has 24 heavy (non-hydrogen) atoms. The van der Waals surface area contributed by atoms with E-state index in [1.54, 1.807) is 12.1 Å². The quantitative estimate of drug-likeness (QED) is 0.771. The molecule has 2 aromatic heterocycles. The van der Waals surface area contributed by atoms with Gasteiger partial charge in [0.2, 0.25) is 0 Å². The standard InChI is InChI=1S/C16H17BClFN2O3/c1-15(2)16(3,4)24-17(23-15)13(19)7-10-5-6-12(22-10)11-8-20-9-14(18)21-11/h5-9H,1-4H3. The Balaban J connectivity index is 1.80. The number of hydrogen-bond acceptors (Lipinski definition) is 5. The summed E-state index contributed by atoms with van der Waals surface area (Å²) in [6, 6.07) is 3.30. The summed E-state index contributed by atoms with van der Waals surface area (Å²) in [6.45, 7) is 7.46. The Hall–Kier alpha value is -1.70. The summed E-state index contributed by atoms with van der Waals surface area (Å²) in [5.41, 5.74) is -1.30. The molecule has 1 aliphatic rings. The number of rotatable bonds is 3. The Bertz CT molecular complexity index is 775. The van der Waals surface area contributed by atoms with E-state index in [0.29, 0.717) is 17.2 Å². The van der Waals surface area contributed by atoms with Crippen molar-refractivity contribution in [2.45, 2.75) is 38.9 Å². The average molecular weight is 351 g/mol. The minimum absolute atomic E-state index is 0.254. The number of nitrogens with zero attached hydrogens (tertiary/aromatic N) is 2. The van der Waals surface area contributed by atoms with Gasteiger partial charge in [-0.1, -0.05) is 11.6 Å². The molecule has 0 N–H and O–H groups in total. The smallest absolute Gasteiger partial charge is 0.455 e. The van der Waals surface area contributed by atoms with Crippen LogP contribution in [0.3, 0.4) is 0 Å². The number of aromatic nitrogens is 2. The molecule has 1 fully saturated rings. The fourth-order valence-electron chi connectivity index (χ4n) is 2.19. The maximum atomic E-state index is 14.5. The molecule has 1 saturated heterocycles. The van der Waals surface area contributed by atoms with Crippen LogP contribution in [0.25, 0.3) is 17.5 Å². The summed E-state index contributed by atoms with van der Waals surface area (Å²) >= 11 is 5.81. The zero-order chi connectivity index (χ0) is 17.5. The van der Waals surface area contributed by atoms with Gasteiger partial charge in [-0.05, 0) is 39.8 Å². The van der Waals surface area contributed by atoms with Gasteiger partial charge in [-0.2, -0.15) is 0 Å². The van der Waals surface area contributed by atoms with Crippen molar-refractivity contribution in [3.05, 3.63) is 41.2 Å². The maximum Gasteiger partial charge on any atom is 0.525 e. The zero-order valence-electron chi connectivity index (χ0n) is 13.8. The molecular weight excluding hydrogens is 333 g/mol. The van der Waals surface area contributed by atoms with Gasteiger partial charge in [-0.25, -0.2) is 9.37 Å². The lowest BCUT2D eigenvalue weighted by molar-refractivity contribution is 0.00578. The van der Waals surface area contributed by atoms with Gasteiger partial charge in [0.25, 0.3) is 0 Å². The zero-order valence-corrected chi connectivity index (χ0v) is 14.6. The van der Waals surface area contributed by atoms with Gasteiger partial charge in [0.05, 0.1) is 23.6 Å². The van der Waals surface area contributed by atoms with Crippen LogP contribution in [0.15, 0.2) is 34.7 Å². The van der Waals surface area contributed by atoms with Crippen molar-refractivity contribution in [3.63, 3.8) is 0 Å². The number of hydrogen-bond donors (Lipinski definition) is 0. The second kappa shape index (κ2) is 5.99. The molecular formula is C16H17BClFN2O3. The van der Waals surface area contributed by atoms with Gasteiger partial charge in [-0.3, -0.25) is 4.98 Å². The molecule has 0 bridgehead atoms. The van der Waals surface area contributed by atoms with Crippen molar-refractivity contribution in [3.8, 4) is 11.5 Å². The molecule has 126 valence electrons. The topological polar surface area (TPSA) is 57.4 Å². The normalized spacial score (nSPS) is 19.8. The summed E-state index contributed by atoms with van der Waals surface area (Å²) in [5.74, 6) is 0.761. The average Bonchev–Trinajstić information content (AvgIpc) is 3.02. The highest BCUT2D eigenvalue weighted by Gasteiger charge is 2.53. The third-order valence-corrected chi connectivity index (χ3v) is 4.43. The van der Waals surface area contributed by atoms with Crippen LogP contribution in [0.4, 0.5) is 4.39 Å². The molecule has 2 aromatic rings. The van der Waals surface area contributed by atoms with Crippen LogP contribution in [0, 0.1) is 0 Å². The summed E-state index contributed by atoms with van der Waals surface area (Å²) < 4.78 is 31.3. The molecule has 8 heteroatoms. The van der Waals surface area contributed by atoms with E-state index in [1.807, 2.05) is 27.7 Å². The minimum atomic E-state index is -1.06. The van der Waals surface area contributed by atoms with E-state index in [1.165, 1.54) is 18.5 Å². The second-order valence-electron chi connectivity index (χ2n) is 6.55. The van der Waals surface area contributed by atoms with Gasteiger partial charge in [0.15, 0.2) is 5.76 Å². The van der Waals surface area contributed by atoms with Gasteiger partial charge in [0, 0.05) is 6.08 Å². The molecule has 3 heterocycles. The number of furan rings is 1. The third kappa shape index (κ3) is 3.24.